The van der Waals surface area contributed by atoms with E-state index < -0.39 is 11.9 Å². The van der Waals surface area contributed by atoms with Gasteiger partial charge in [0.15, 0.2) is 0 Å². The minimum Gasteiger partial charge on any atom is -0.466 e. The summed E-state index contributed by atoms with van der Waals surface area (Å²) in [6.45, 7) is -0.146. The Morgan fingerprint density at radius 3 is 2.28 bits per heavy atom. The van der Waals surface area contributed by atoms with E-state index in [9.17, 15) is 14.4 Å². The average molecular weight is 396 g/mol. The summed E-state index contributed by atoms with van der Waals surface area (Å²) in [5, 5.41) is 2.81. The molecule has 1 aliphatic heterocycles. The summed E-state index contributed by atoms with van der Waals surface area (Å²) in [5.41, 5.74) is 1.31. The van der Waals surface area contributed by atoms with Gasteiger partial charge in [-0.1, -0.05) is 30.3 Å². The fraction of sp³-hybridized carbons (Fsp3) is 0.190. The van der Waals surface area contributed by atoms with Crippen molar-refractivity contribution >= 4 is 29.2 Å². The van der Waals surface area contributed by atoms with Crippen LogP contribution in [0, 0.1) is 0 Å². The first-order chi connectivity index (χ1) is 14.1. The second-order valence-electron chi connectivity index (χ2n) is 6.05. The van der Waals surface area contributed by atoms with Crippen LogP contribution in [-0.2, 0) is 23.8 Å². The first-order valence-corrected chi connectivity index (χ1v) is 8.77. The maximum atomic E-state index is 12.9. The van der Waals surface area contributed by atoms with Gasteiger partial charge in [0.1, 0.15) is 12.4 Å². The summed E-state index contributed by atoms with van der Waals surface area (Å²) >= 11 is 0. The van der Waals surface area contributed by atoms with Crippen LogP contribution < -0.4 is 10.2 Å². The van der Waals surface area contributed by atoms with Crippen LogP contribution in [-0.4, -0.2) is 45.4 Å². The number of hydrogen-bond acceptors (Lipinski definition) is 7. The predicted molar refractivity (Wildman–Crippen MR) is 105 cm³/mol. The zero-order valence-corrected chi connectivity index (χ0v) is 16.0. The molecule has 2 aromatic rings. The number of methoxy groups -OCH3 is 2. The zero-order valence-electron chi connectivity index (χ0n) is 16.0. The topological polar surface area (TPSA) is 94.2 Å². The molecule has 0 fully saturated rings. The Labute approximate surface area is 167 Å². The number of anilines is 2. The summed E-state index contributed by atoms with van der Waals surface area (Å²) < 4.78 is 15.1. The number of esters is 2. The van der Waals surface area contributed by atoms with Crippen molar-refractivity contribution in [3.63, 3.8) is 0 Å². The highest BCUT2D eigenvalue weighted by molar-refractivity contribution is 6.10. The zero-order chi connectivity index (χ0) is 20.8. The van der Waals surface area contributed by atoms with Crippen LogP contribution in [0.4, 0.5) is 11.4 Å². The van der Waals surface area contributed by atoms with Crippen LogP contribution in [0.15, 0.2) is 65.9 Å². The second kappa shape index (κ2) is 9.03. The lowest BCUT2D eigenvalue weighted by atomic mass is 10.1. The molecule has 0 aliphatic carbocycles. The molecule has 0 saturated carbocycles. The Balaban J connectivity index is 2.04. The van der Waals surface area contributed by atoms with E-state index in [0.29, 0.717) is 16.9 Å². The molecule has 1 heterocycles. The largest absolute Gasteiger partial charge is 0.466 e. The summed E-state index contributed by atoms with van der Waals surface area (Å²) in [6.07, 6.45) is 0. The maximum Gasteiger partial charge on any atom is 0.355 e. The van der Waals surface area contributed by atoms with Crippen LogP contribution in [0.1, 0.15) is 10.4 Å². The molecule has 0 unspecified atom stereocenters. The monoisotopic (exact) mass is 396 g/mol. The molecular weight excluding hydrogens is 376 g/mol. The van der Waals surface area contributed by atoms with E-state index in [1.807, 2.05) is 6.07 Å². The molecule has 8 heteroatoms. The van der Waals surface area contributed by atoms with Gasteiger partial charge >= 0.3 is 11.9 Å². The van der Waals surface area contributed by atoms with Gasteiger partial charge in [0.25, 0.3) is 5.91 Å². The van der Waals surface area contributed by atoms with E-state index in [1.165, 1.54) is 19.1 Å². The maximum absolute atomic E-state index is 12.9. The molecule has 1 aliphatic rings. The lowest BCUT2D eigenvalue weighted by molar-refractivity contribution is -0.140. The molecule has 29 heavy (non-hydrogen) atoms. The molecule has 150 valence electrons. The van der Waals surface area contributed by atoms with Crippen LogP contribution in [0.25, 0.3) is 0 Å². The first-order valence-electron chi connectivity index (χ1n) is 8.77. The van der Waals surface area contributed by atoms with Crippen molar-refractivity contribution in [1.82, 2.24) is 0 Å². The minimum atomic E-state index is -0.730. The Kier molecular flexibility index (Phi) is 6.25. The molecule has 1 amide bonds. The standard InChI is InChI=1S/C21H20N2O6/c1-27-20(25)16-12-29-13-23(18(16)21(26)28-2)17-11-7-6-10-15(17)19(24)22-14-8-4-3-5-9-14/h3-11H,12-13H2,1-2H3,(H,22,24). The van der Waals surface area contributed by atoms with E-state index in [1.54, 1.807) is 48.5 Å². The fourth-order valence-corrected chi connectivity index (χ4v) is 2.95. The van der Waals surface area contributed by atoms with Gasteiger partial charge in [-0.2, -0.15) is 0 Å². The third kappa shape index (κ3) is 4.27. The van der Waals surface area contributed by atoms with Gasteiger partial charge in [-0.05, 0) is 24.3 Å². The molecule has 0 spiro atoms. The molecule has 0 radical (unpaired) electrons. The van der Waals surface area contributed by atoms with Crippen LogP contribution in [0.5, 0.6) is 0 Å². The lowest BCUT2D eigenvalue weighted by Crippen LogP contribution is -2.39. The van der Waals surface area contributed by atoms with Crippen LogP contribution in [0.2, 0.25) is 0 Å². The van der Waals surface area contributed by atoms with Gasteiger partial charge in [-0.25, -0.2) is 9.59 Å². The number of carbonyl (C=O) groups excluding carboxylic acids is 3. The van der Waals surface area contributed by atoms with E-state index in [-0.39, 0.29) is 30.5 Å². The van der Waals surface area contributed by atoms with Gasteiger partial charge in [0.2, 0.25) is 0 Å². The number of hydrogen-bond donors (Lipinski definition) is 1. The average Bonchev–Trinajstić information content (AvgIpc) is 2.78. The Bertz CT molecular complexity index is 955. The van der Waals surface area contributed by atoms with Gasteiger partial charge in [-0.15, -0.1) is 0 Å². The van der Waals surface area contributed by atoms with Crippen molar-refractivity contribution in [2.24, 2.45) is 0 Å². The number of benzene rings is 2. The van der Waals surface area contributed by atoms with E-state index in [2.05, 4.69) is 5.32 Å². The van der Waals surface area contributed by atoms with E-state index >= 15 is 0 Å². The van der Waals surface area contributed by atoms with Crippen LogP contribution >= 0.6 is 0 Å². The number of nitrogens with one attached hydrogen (secondary N) is 1. The predicted octanol–water partition coefficient (Wildman–Crippen LogP) is 2.33. The van der Waals surface area contributed by atoms with Crippen molar-refractivity contribution in [3.05, 3.63) is 71.4 Å². The normalized spacial score (nSPS) is 13.7. The van der Waals surface area contributed by atoms with E-state index in [0.717, 1.165) is 0 Å². The molecule has 3 rings (SSSR count). The number of carbonyl (C=O) groups is 3. The molecule has 0 atom stereocenters. The highest BCUT2D eigenvalue weighted by atomic mass is 16.5. The molecule has 0 saturated heterocycles. The molecule has 1 N–H and O–H groups in total. The third-order valence-electron chi connectivity index (χ3n) is 4.30. The number of amides is 1. The quantitative estimate of drug-likeness (QED) is 0.775. The van der Waals surface area contributed by atoms with Crippen molar-refractivity contribution in [2.75, 3.05) is 37.8 Å². The van der Waals surface area contributed by atoms with Crippen molar-refractivity contribution in [2.45, 2.75) is 0 Å². The molecule has 8 nitrogen and oxygen atoms in total. The molecule has 2 aromatic carbocycles. The summed E-state index contributed by atoms with van der Waals surface area (Å²) in [5.74, 6) is -1.81. The first kappa shape index (κ1) is 20.1. The highest BCUT2D eigenvalue weighted by Gasteiger charge is 2.33. The number of para-hydroxylation sites is 2. The van der Waals surface area contributed by atoms with Gasteiger partial charge in [0, 0.05) is 5.69 Å². The summed E-state index contributed by atoms with van der Waals surface area (Å²) in [6, 6.07) is 15.7. The van der Waals surface area contributed by atoms with Crippen molar-refractivity contribution < 1.29 is 28.6 Å². The number of nitrogens with zero attached hydrogens (tertiary/aromatic N) is 1. The number of rotatable bonds is 5. The smallest absolute Gasteiger partial charge is 0.355 e. The Hall–Kier alpha value is -3.65. The van der Waals surface area contributed by atoms with Gasteiger partial charge in [0.05, 0.1) is 37.7 Å². The molecule has 0 bridgehead atoms. The lowest BCUT2D eigenvalue weighted by Gasteiger charge is -2.32. The minimum absolute atomic E-state index is 0.0175. The second-order valence-corrected chi connectivity index (χ2v) is 6.05. The Morgan fingerprint density at radius 1 is 0.931 bits per heavy atom. The number of ether oxygens (including phenoxy) is 3. The summed E-state index contributed by atoms with van der Waals surface area (Å²) in [7, 11) is 2.43. The third-order valence-corrected chi connectivity index (χ3v) is 4.30. The Morgan fingerprint density at radius 2 is 1.59 bits per heavy atom. The van der Waals surface area contributed by atoms with Gasteiger partial charge in [-0.3, -0.25) is 4.79 Å². The molecule has 0 aromatic heterocycles. The van der Waals surface area contributed by atoms with E-state index in [4.69, 9.17) is 14.2 Å². The van der Waals surface area contributed by atoms with Crippen molar-refractivity contribution in [1.29, 1.82) is 0 Å². The SMILES string of the molecule is COC(=O)C1=C(C(=O)OC)N(c2ccccc2C(=O)Nc2ccccc2)COC1. The highest BCUT2D eigenvalue weighted by Crippen LogP contribution is 2.30. The van der Waals surface area contributed by atoms with Crippen molar-refractivity contribution in [3.8, 4) is 0 Å². The van der Waals surface area contributed by atoms with Gasteiger partial charge < -0.3 is 24.4 Å². The molecular formula is C21H20N2O6. The summed E-state index contributed by atoms with van der Waals surface area (Å²) in [4.78, 5) is 39.0. The van der Waals surface area contributed by atoms with Crippen LogP contribution in [0.3, 0.4) is 0 Å². The fourth-order valence-electron chi connectivity index (χ4n) is 2.95.